The maximum atomic E-state index is 11.9. The molecule has 0 bridgehead atoms. The zero-order valence-electron chi connectivity index (χ0n) is 13.9. The van der Waals surface area contributed by atoms with Crippen LogP contribution in [0.25, 0.3) is 0 Å². The fourth-order valence-corrected chi connectivity index (χ4v) is 2.70. The third kappa shape index (κ3) is 4.28. The summed E-state index contributed by atoms with van der Waals surface area (Å²) in [4.78, 5) is 15.9. The first-order valence-electron chi connectivity index (χ1n) is 7.76. The van der Waals surface area contributed by atoms with E-state index in [4.69, 9.17) is 23.2 Å². The van der Waals surface area contributed by atoms with Gasteiger partial charge in [-0.15, -0.1) is 0 Å². The maximum absolute atomic E-state index is 11.9. The standard InChI is InChI=1S/C18H15Cl2N5O/c1-12-15(10-22-23-18(26)16-4-2-3-9-21-16)17(20)25(24-12)11-13-5-7-14(19)8-6-13/h2-10H,11H2,1H3,(H,23,26). The van der Waals surface area contributed by atoms with E-state index in [1.807, 2.05) is 31.2 Å². The average Bonchev–Trinajstić information content (AvgIpc) is 2.91. The predicted octanol–water partition coefficient (Wildman–Crippen LogP) is 3.71. The van der Waals surface area contributed by atoms with Crippen LogP contribution in [0.5, 0.6) is 0 Å². The van der Waals surface area contributed by atoms with Gasteiger partial charge in [0.15, 0.2) is 0 Å². The number of halogens is 2. The lowest BCUT2D eigenvalue weighted by Gasteiger charge is -2.03. The highest BCUT2D eigenvalue weighted by atomic mass is 35.5. The molecule has 1 aromatic carbocycles. The van der Waals surface area contributed by atoms with Crippen molar-refractivity contribution in [2.75, 3.05) is 0 Å². The summed E-state index contributed by atoms with van der Waals surface area (Å²) in [6, 6.07) is 12.5. The van der Waals surface area contributed by atoms with E-state index in [-0.39, 0.29) is 5.69 Å². The van der Waals surface area contributed by atoms with E-state index in [2.05, 4.69) is 20.6 Å². The van der Waals surface area contributed by atoms with Crippen molar-refractivity contribution in [3.05, 3.63) is 81.4 Å². The Morgan fingerprint density at radius 3 is 2.69 bits per heavy atom. The summed E-state index contributed by atoms with van der Waals surface area (Å²) in [7, 11) is 0. The van der Waals surface area contributed by atoms with E-state index in [9.17, 15) is 4.79 Å². The van der Waals surface area contributed by atoms with E-state index in [0.717, 1.165) is 5.56 Å². The lowest BCUT2D eigenvalue weighted by atomic mass is 10.2. The molecule has 6 nitrogen and oxygen atoms in total. The van der Waals surface area contributed by atoms with Crippen LogP contribution in [0.15, 0.2) is 53.8 Å². The first-order chi connectivity index (χ1) is 12.5. The molecule has 0 fully saturated rings. The number of pyridine rings is 1. The number of benzene rings is 1. The molecule has 2 aromatic heterocycles. The van der Waals surface area contributed by atoms with Crippen LogP contribution in [0.2, 0.25) is 10.2 Å². The van der Waals surface area contributed by atoms with Gasteiger partial charge in [0.2, 0.25) is 0 Å². The minimum atomic E-state index is -0.399. The topological polar surface area (TPSA) is 72.2 Å². The molecule has 0 radical (unpaired) electrons. The Morgan fingerprint density at radius 1 is 1.23 bits per heavy atom. The summed E-state index contributed by atoms with van der Waals surface area (Å²) < 4.78 is 1.67. The van der Waals surface area contributed by atoms with Crippen molar-refractivity contribution in [3.8, 4) is 0 Å². The molecule has 0 atom stereocenters. The molecule has 0 saturated carbocycles. The normalized spacial score (nSPS) is 11.0. The largest absolute Gasteiger partial charge is 0.289 e. The van der Waals surface area contributed by atoms with E-state index >= 15 is 0 Å². The molecular weight excluding hydrogens is 373 g/mol. The van der Waals surface area contributed by atoms with Gasteiger partial charge in [-0.1, -0.05) is 41.4 Å². The van der Waals surface area contributed by atoms with Crippen LogP contribution in [0.4, 0.5) is 0 Å². The molecule has 3 aromatic rings. The van der Waals surface area contributed by atoms with Gasteiger partial charge in [0.25, 0.3) is 5.91 Å². The van der Waals surface area contributed by atoms with E-state index < -0.39 is 5.91 Å². The van der Waals surface area contributed by atoms with Crippen molar-refractivity contribution < 1.29 is 4.79 Å². The van der Waals surface area contributed by atoms with Crippen LogP contribution in [0.3, 0.4) is 0 Å². The van der Waals surface area contributed by atoms with Crippen molar-refractivity contribution in [3.63, 3.8) is 0 Å². The van der Waals surface area contributed by atoms with Crippen molar-refractivity contribution >= 4 is 35.3 Å². The molecule has 0 aliphatic carbocycles. The highest BCUT2D eigenvalue weighted by molar-refractivity contribution is 6.32. The van der Waals surface area contributed by atoms with Crippen LogP contribution in [-0.2, 0) is 6.54 Å². The molecular formula is C18H15Cl2N5O. The maximum Gasteiger partial charge on any atom is 0.289 e. The molecule has 1 N–H and O–H groups in total. The van der Waals surface area contributed by atoms with Crippen LogP contribution >= 0.6 is 23.2 Å². The van der Waals surface area contributed by atoms with Crippen LogP contribution in [0.1, 0.15) is 27.3 Å². The first kappa shape index (κ1) is 18.1. The van der Waals surface area contributed by atoms with Gasteiger partial charge >= 0.3 is 0 Å². The Labute approximate surface area is 160 Å². The van der Waals surface area contributed by atoms with Crippen LogP contribution in [-0.4, -0.2) is 26.9 Å². The molecule has 0 aliphatic rings. The van der Waals surface area contributed by atoms with E-state index in [0.29, 0.717) is 28.0 Å². The number of nitrogens with zero attached hydrogens (tertiary/aromatic N) is 4. The monoisotopic (exact) mass is 387 g/mol. The molecule has 0 saturated heterocycles. The summed E-state index contributed by atoms with van der Waals surface area (Å²) >= 11 is 12.3. The molecule has 0 aliphatic heterocycles. The van der Waals surface area contributed by atoms with Gasteiger partial charge in [-0.05, 0) is 36.8 Å². The van der Waals surface area contributed by atoms with Gasteiger partial charge in [0, 0.05) is 11.2 Å². The number of hydrogen-bond donors (Lipinski definition) is 1. The number of nitrogens with one attached hydrogen (secondary N) is 1. The summed E-state index contributed by atoms with van der Waals surface area (Å²) in [6.07, 6.45) is 3.02. The number of hydrazone groups is 1. The molecule has 0 spiro atoms. The number of hydrogen-bond acceptors (Lipinski definition) is 4. The molecule has 132 valence electrons. The van der Waals surface area contributed by atoms with Gasteiger partial charge in [0.1, 0.15) is 10.8 Å². The van der Waals surface area contributed by atoms with Gasteiger partial charge in [0.05, 0.1) is 24.0 Å². The lowest BCUT2D eigenvalue weighted by Crippen LogP contribution is -2.18. The minimum Gasteiger partial charge on any atom is -0.266 e. The molecule has 2 heterocycles. The van der Waals surface area contributed by atoms with E-state index in [1.165, 1.54) is 6.21 Å². The Hall–Kier alpha value is -2.70. The Morgan fingerprint density at radius 2 is 2.00 bits per heavy atom. The van der Waals surface area contributed by atoms with Crippen LogP contribution < -0.4 is 5.43 Å². The Kier molecular flexibility index (Phi) is 5.65. The Bertz CT molecular complexity index is 936. The molecule has 26 heavy (non-hydrogen) atoms. The van der Waals surface area contributed by atoms with Gasteiger partial charge in [-0.3, -0.25) is 9.78 Å². The molecule has 8 heteroatoms. The highest BCUT2D eigenvalue weighted by Crippen LogP contribution is 2.19. The fourth-order valence-electron chi connectivity index (χ4n) is 2.29. The van der Waals surface area contributed by atoms with Gasteiger partial charge < -0.3 is 0 Å². The quantitative estimate of drug-likeness (QED) is 0.535. The van der Waals surface area contributed by atoms with Gasteiger partial charge in [-0.25, -0.2) is 10.1 Å². The second-order valence-corrected chi connectivity index (χ2v) is 6.28. The lowest BCUT2D eigenvalue weighted by molar-refractivity contribution is 0.0950. The number of carbonyl (C=O) groups excluding carboxylic acids is 1. The number of aryl methyl sites for hydroxylation is 1. The minimum absolute atomic E-state index is 0.283. The number of carbonyl (C=O) groups is 1. The second-order valence-electron chi connectivity index (χ2n) is 5.49. The predicted molar refractivity (Wildman–Crippen MR) is 102 cm³/mol. The van der Waals surface area contributed by atoms with Crippen molar-refractivity contribution in [1.82, 2.24) is 20.2 Å². The SMILES string of the molecule is Cc1nn(Cc2ccc(Cl)cc2)c(Cl)c1C=NNC(=O)c1ccccn1. The first-order valence-corrected chi connectivity index (χ1v) is 8.52. The fraction of sp³-hybridized carbons (Fsp3) is 0.111. The van der Waals surface area contributed by atoms with Gasteiger partial charge in [-0.2, -0.15) is 10.2 Å². The summed E-state index contributed by atoms with van der Waals surface area (Å²) in [5.74, 6) is -0.399. The Balaban J connectivity index is 1.71. The average molecular weight is 388 g/mol. The third-order valence-electron chi connectivity index (χ3n) is 3.61. The summed E-state index contributed by atoms with van der Waals surface area (Å²) in [5, 5.41) is 9.48. The van der Waals surface area contributed by atoms with Crippen molar-refractivity contribution in [2.45, 2.75) is 13.5 Å². The number of amides is 1. The summed E-state index contributed by atoms with van der Waals surface area (Å²) in [6.45, 7) is 2.33. The highest BCUT2D eigenvalue weighted by Gasteiger charge is 2.12. The second kappa shape index (κ2) is 8.12. The van der Waals surface area contributed by atoms with E-state index in [1.54, 1.807) is 29.1 Å². The smallest absolute Gasteiger partial charge is 0.266 e. The number of rotatable bonds is 5. The zero-order chi connectivity index (χ0) is 18.5. The number of aromatic nitrogens is 3. The third-order valence-corrected chi connectivity index (χ3v) is 4.26. The molecule has 3 rings (SSSR count). The van der Waals surface area contributed by atoms with Crippen molar-refractivity contribution in [1.29, 1.82) is 0 Å². The summed E-state index contributed by atoms with van der Waals surface area (Å²) in [5.41, 5.74) is 5.08. The molecule has 1 amide bonds. The zero-order valence-corrected chi connectivity index (χ0v) is 15.4. The van der Waals surface area contributed by atoms with Crippen molar-refractivity contribution in [2.24, 2.45) is 5.10 Å². The molecule has 0 unspecified atom stereocenters. The van der Waals surface area contributed by atoms with Crippen LogP contribution in [0, 0.1) is 6.92 Å².